The molecule has 1 N–H and O–H groups in total. The molecule has 2 unspecified atom stereocenters. The van der Waals surface area contributed by atoms with Gasteiger partial charge in [0.1, 0.15) is 12.2 Å². The summed E-state index contributed by atoms with van der Waals surface area (Å²) in [5, 5.41) is 8.52. The van der Waals surface area contributed by atoms with Gasteiger partial charge in [-0.25, -0.2) is 9.67 Å². The highest BCUT2D eigenvalue weighted by Crippen LogP contribution is 2.28. The van der Waals surface area contributed by atoms with Gasteiger partial charge in [0.15, 0.2) is 0 Å². The fourth-order valence-corrected chi connectivity index (χ4v) is 4.02. The van der Waals surface area contributed by atoms with Crippen LogP contribution >= 0.6 is 11.8 Å². The molecule has 1 aliphatic rings. The maximum absolute atomic E-state index is 4.42. The minimum Gasteiger partial charge on any atom is -0.315 e. The summed E-state index contributed by atoms with van der Waals surface area (Å²) in [7, 11) is 2.07. The Kier molecular flexibility index (Phi) is 5.06. The fourth-order valence-electron chi connectivity index (χ4n) is 2.55. The van der Waals surface area contributed by atoms with E-state index in [2.05, 4.69) is 48.1 Å². The molecule has 5 heteroatoms. The monoisotopic (exact) mass is 268 g/mol. The van der Waals surface area contributed by atoms with Crippen molar-refractivity contribution in [2.45, 2.75) is 56.9 Å². The Bertz CT molecular complexity index is 358. The SMILES string of the molecule is CNC(Cc1ncnn1C(C)C)C1CCCCS1. The summed E-state index contributed by atoms with van der Waals surface area (Å²) in [6.45, 7) is 4.31. The second-order valence-electron chi connectivity index (χ2n) is 5.22. The van der Waals surface area contributed by atoms with Crippen molar-refractivity contribution in [2.24, 2.45) is 0 Å². The highest BCUT2D eigenvalue weighted by molar-refractivity contribution is 8.00. The van der Waals surface area contributed by atoms with Gasteiger partial charge in [-0.2, -0.15) is 16.9 Å². The quantitative estimate of drug-likeness (QED) is 0.889. The van der Waals surface area contributed by atoms with E-state index in [1.54, 1.807) is 6.33 Å². The third-order valence-corrected chi connectivity index (χ3v) is 5.09. The van der Waals surface area contributed by atoms with E-state index in [9.17, 15) is 0 Å². The van der Waals surface area contributed by atoms with Crippen molar-refractivity contribution in [2.75, 3.05) is 12.8 Å². The van der Waals surface area contributed by atoms with Crippen LogP contribution in [0.2, 0.25) is 0 Å². The minimum atomic E-state index is 0.388. The maximum Gasteiger partial charge on any atom is 0.138 e. The van der Waals surface area contributed by atoms with Crippen LogP contribution in [-0.2, 0) is 6.42 Å². The number of hydrogen-bond donors (Lipinski definition) is 1. The van der Waals surface area contributed by atoms with Crippen LogP contribution in [0.1, 0.15) is 45.0 Å². The zero-order valence-corrected chi connectivity index (χ0v) is 12.4. The number of nitrogens with zero attached hydrogens (tertiary/aromatic N) is 3. The molecule has 0 saturated carbocycles. The number of thioether (sulfide) groups is 1. The van der Waals surface area contributed by atoms with Crippen LogP contribution in [0.3, 0.4) is 0 Å². The Morgan fingerprint density at radius 2 is 2.33 bits per heavy atom. The smallest absolute Gasteiger partial charge is 0.138 e. The number of rotatable bonds is 5. The lowest BCUT2D eigenvalue weighted by atomic mass is 10.0. The van der Waals surface area contributed by atoms with Gasteiger partial charge in [0.25, 0.3) is 0 Å². The standard InChI is InChI=1S/C13H24N4S/c1-10(2)17-13(15-9-16-17)8-11(14-3)12-6-4-5-7-18-12/h9-12,14H,4-8H2,1-3H3. The topological polar surface area (TPSA) is 42.7 Å². The molecule has 1 aromatic rings. The lowest BCUT2D eigenvalue weighted by Crippen LogP contribution is -2.39. The van der Waals surface area contributed by atoms with Crippen LogP contribution in [0.25, 0.3) is 0 Å². The van der Waals surface area contributed by atoms with Crippen LogP contribution in [-0.4, -0.2) is 38.9 Å². The van der Waals surface area contributed by atoms with Gasteiger partial charge >= 0.3 is 0 Å². The van der Waals surface area contributed by atoms with Gasteiger partial charge in [-0.05, 0) is 39.5 Å². The molecule has 4 nitrogen and oxygen atoms in total. The van der Waals surface area contributed by atoms with Crippen molar-refractivity contribution < 1.29 is 0 Å². The summed E-state index contributed by atoms with van der Waals surface area (Å²) in [5.41, 5.74) is 0. The zero-order valence-electron chi connectivity index (χ0n) is 11.6. The van der Waals surface area contributed by atoms with Gasteiger partial charge in [0, 0.05) is 23.8 Å². The first-order valence-corrected chi connectivity index (χ1v) is 7.94. The molecule has 0 spiro atoms. The number of likely N-dealkylation sites (N-methyl/N-ethyl adjacent to an activating group) is 1. The summed E-state index contributed by atoms with van der Waals surface area (Å²) >= 11 is 2.11. The second-order valence-corrected chi connectivity index (χ2v) is 6.57. The second kappa shape index (κ2) is 6.57. The maximum atomic E-state index is 4.42. The molecule has 2 rings (SSSR count). The molecule has 1 saturated heterocycles. The molecule has 2 atom stereocenters. The van der Waals surface area contributed by atoms with Crippen LogP contribution in [0.4, 0.5) is 0 Å². The van der Waals surface area contributed by atoms with Crippen LogP contribution in [0.15, 0.2) is 6.33 Å². The van der Waals surface area contributed by atoms with Crippen molar-refractivity contribution in [3.63, 3.8) is 0 Å². The van der Waals surface area contributed by atoms with Gasteiger partial charge in [0.2, 0.25) is 0 Å². The van der Waals surface area contributed by atoms with E-state index >= 15 is 0 Å². The molecule has 18 heavy (non-hydrogen) atoms. The number of aromatic nitrogens is 3. The predicted octanol–water partition coefficient (Wildman–Crippen LogP) is 2.28. The Hall–Kier alpha value is -0.550. The Morgan fingerprint density at radius 3 is 2.94 bits per heavy atom. The van der Waals surface area contributed by atoms with Crippen LogP contribution < -0.4 is 5.32 Å². The molecule has 102 valence electrons. The Balaban J connectivity index is 2.02. The molecule has 0 aliphatic carbocycles. The molecule has 2 heterocycles. The normalized spacial score (nSPS) is 22.3. The third-order valence-electron chi connectivity index (χ3n) is 3.57. The Morgan fingerprint density at radius 1 is 1.50 bits per heavy atom. The van der Waals surface area contributed by atoms with E-state index in [0.717, 1.165) is 17.5 Å². The summed E-state index contributed by atoms with van der Waals surface area (Å²) < 4.78 is 2.04. The van der Waals surface area contributed by atoms with Gasteiger partial charge in [-0.3, -0.25) is 0 Å². The summed E-state index contributed by atoms with van der Waals surface area (Å²) in [6.07, 6.45) is 6.72. The molecule has 1 aliphatic heterocycles. The largest absolute Gasteiger partial charge is 0.315 e. The zero-order chi connectivity index (χ0) is 13.0. The van der Waals surface area contributed by atoms with Gasteiger partial charge in [-0.1, -0.05) is 6.42 Å². The molecular formula is C13H24N4S. The number of nitrogens with one attached hydrogen (secondary N) is 1. The third kappa shape index (κ3) is 3.26. The van der Waals surface area contributed by atoms with E-state index in [1.807, 2.05) is 4.68 Å². The minimum absolute atomic E-state index is 0.388. The average Bonchev–Trinajstić information content (AvgIpc) is 2.85. The van der Waals surface area contributed by atoms with Gasteiger partial charge in [0.05, 0.1) is 0 Å². The van der Waals surface area contributed by atoms with E-state index in [-0.39, 0.29) is 0 Å². The van der Waals surface area contributed by atoms with E-state index in [1.165, 1.54) is 25.0 Å². The molecular weight excluding hydrogens is 244 g/mol. The average molecular weight is 268 g/mol. The first-order valence-electron chi connectivity index (χ1n) is 6.89. The van der Waals surface area contributed by atoms with Crippen molar-refractivity contribution >= 4 is 11.8 Å². The van der Waals surface area contributed by atoms with Crippen molar-refractivity contribution in [1.29, 1.82) is 0 Å². The van der Waals surface area contributed by atoms with Crippen molar-refractivity contribution in [3.05, 3.63) is 12.2 Å². The summed E-state index contributed by atoms with van der Waals surface area (Å²) in [4.78, 5) is 4.42. The lowest BCUT2D eigenvalue weighted by Gasteiger charge is -2.29. The number of hydrogen-bond acceptors (Lipinski definition) is 4. The van der Waals surface area contributed by atoms with Crippen molar-refractivity contribution in [3.8, 4) is 0 Å². The highest BCUT2D eigenvalue weighted by atomic mass is 32.2. The summed E-state index contributed by atoms with van der Waals surface area (Å²) in [5.74, 6) is 2.41. The van der Waals surface area contributed by atoms with E-state index in [4.69, 9.17) is 0 Å². The summed E-state index contributed by atoms with van der Waals surface area (Å²) in [6, 6.07) is 0.899. The fraction of sp³-hybridized carbons (Fsp3) is 0.846. The molecule has 0 aromatic carbocycles. The predicted molar refractivity (Wildman–Crippen MR) is 77.1 cm³/mol. The van der Waals surface area contributed by atoms with E-state index in [0.29, 0.717) is 12.1 Å². The van der Waals surface area contributed by atoms with E-state index < -0.39 is 0 Å². The first kappa shape index (κ1) is 13.9. The van der Waals surface area contributed by atoms with Gasteiger partial charge < -0.3 is 5.32 Å². The first-order chi connectivity index (χ1) is 8.72. The lowest BCUT2D eigenvalue weighted by molar-refractivity contribution is 0.449. The van der Waals surface area contributed by atoms with Gasteiger partial charge in [-0.15, -0.1) is 0 Å². The van der Waals surface area contributed by atoms with Crippen LogP contribution in [0, 0.1) is 0 Å². The molecule has 1 aromatic heterocycles. The Labute approximate surface area is 114 Å². The molecule has 0 radical (unpaired) electrons. The molecule has 0 amide bonds. The van der Waals surface area contributed by atoms with Crippen LogP contribution in [0.5, 0.6) is 0 Å². The molecule has 1 fully saturated rings. The molecule has 0 bridgehead atoms. The van der Waals surface area contributed by atoms with Crippen molar-refractivity contribution in [1.82, 2.24) is 20.1 Å². The highest BCUT2D eigenvalue weighted by Gasteiger charge is 2.25.